The van der Waals surface area contributed by atoms with E-state index in [1.54, 1.807) is 17.0 Å². The third-order valence-corrected chi connectivity index (χ3v) is 3.91. The molecular weight excluding hydrogens is 246 g/mol. The van der Waals surface area contributed by atoms with Crippen molar-refractivity contribution in [3.8, 4) is 0 Å². The van der Waals surface area contributed by atoms with Crippen LogP contribution in [0.1, 0.15) is 16.1 Å². The van der Waals surface area contributed by atoms with Crippen molar-refractivity contribution in [1.82, 2.24) is 4.90 Å². The topological polar surface area (TPSA) is 29.5 Å². The first kappa shape index (κ1) is 11.9. The molecule has 1 atom stereocenters. The lowest BCUT2D eigenvalue weighted by molar-refractivity contribution is 0.0771. The molecule has 1 fully saturated rings. The van der Waals surface area contributed by atoms with Gasteiger partial charge in [0.05, 0.1) is 15.8 Å². The summed E-state index contributed by atoms with van der Waals surface area (Å²) in [6.07, 6.45) is 1.04. The largest absolute Gasteiger partial charge is 0.381 e. The second-order valence-electron chi connectivity index (χ2n) is 4.02. The zero-order valence-corrected chi connectivity index (χ0v) is 10.7. The van der Waals surface area contributed by atoms with Crippen LogP contribution in [0.15, 0.2) is 12.1 Å². The Hall–Kier alpha value is -0.580. The van der Waals surface area contributed by atoms with E-state index in [2.05, 4.69) is 0 Å². The molecule has 1 aliphatic heterocycles. The second kappa shape index (κ2) is 5.17. The maximum Gasteiger partial charge on any atom is 0.263 e. The molecule has 0 aliphatic carbocycles. The zero-order valence-electron chi connectivity index (χ0n) is 9.11. The van der Waals surface area contributed by atoms with Crippen LogP contribution >= 0.6 is 22.9 Å². The molecule has 2 heterocycles. The van der Waals surface area contributed by atoms with Crippen molar-refractivity contribution in [2.24, 2.45) is 5.92 Å². The molecule has 1 aliphatic rings. The lowest BCUT2D eigenvalue weighted by Gasteiger charge is -2.19. The van der Waals surface area contributed by atoms with Gasteiger partial charge in [-0.05, 0) is 18.6 Å². The van der Waals surface area contributed by atoms with Crippen LogP contribution in [0.25, 0.3) is 0 Å². The number of hydrogen-bond acceptors (Lipinski definition) is 3. The van der Waals surface area contributed by atoms with Crippen LogP contribution in [-0.4, -0.2) is 37.6 Å². The minimum absolute atomic E-state index is 0.0452. The second-order valence-corrected chi connectivity index (χ2v) is 5.73. The summed E-state index contributed by atoms with van der Waals surface area (Å²) in [7, 11) is 1.83. The monoisotopic (exact) mass is 259 g/mol. The molecule has 2 rings (SSSR count). The zero-order chi connectivity index (χ0) is 11.5. The summed E-state index contributed by atoms with van der Waals surface area (Å²) < 4.78 is 5.94. The third-order valence-electron chi connectivity index (χ3n) is 2.69. The van der Waals surface area contributed by atoms with Crippen molar-refractivity contribution in [3.63, 3.8) is 0 Å². The lowest BCUT2D eigenvalue weighted by atomic mass is 10.1. The Balaban J connectivity index is 1.93. The Bertz CT molecular complexity index is 374. The predicted octanol–water partition coefficient (Wildman–Crippen LogP) is 2.51. The molecular formula is C11H14ClNO2S. The lowest BCUT2D eigenvalue weighted by Crippen LogP contribution is -2.31. The summed E-state index contributed by atoms with van der Waals surface area (Å²) in [4.78, 5) is 14.4. The summed E-state index contributed by atoms with van der Waals surface area (Å²) in [6, 6.07) is 3.53. The van der Waals surface area contributed by atoms with Crippen LogP contribution in [-0.2, 0) is 4.74 Å². The van der Waals surface area contributed by atoms with Crippen LogP contribution in [0.4, 0.5) is 0 Å². The fourth-order valence-corrected chi connectivity index (χ4v) is 2.85. The van der Waals surface area contributed by atoms with Crippen molar-refractivity contribution in [1.29, 1.82) is 0 Å². The van der Waals surface area contributed by atoms with Crippen molar-refractivity contribution >= 4 is 28.8 Å². The van der Waals surface area contributed by atoms with Gasteiger partial charge in [-0.25, -0.2) is 0 Å². The fraction of sp³-hybridized carbons (Fsp3) is 0.545. The quantitative estimate of drug-likeness (QED) is 0.835. The maximum atomic E-state index is 12.0. The van der Waals surface area contributed by atoms with E-state index < -0.39 is 0 Å². The Kier molecular flexibility index (Phi) is 3.84. The van der Waals surface area contributed by atoms with Gasteiger partial charge in [0.25, 0.3) is 5.91 Å². The molecule has 0 spiro atoms. The molecule has 88 valence electrons. The van der Waals surface area contributed by atoms with Crippen molar-refractivity contribution < 1.29 is 9.53 Å². The van der Waals surface area contributed by atoms with Gasteiger partial charge in [0.15, 0.2) is 0 Å². The van der Waals surface area contributed by atoms with Gasteiger partial charge in [-0.1, -0.05) is 11.6 Å². The highest BCUT2D eigenvalue weighted by Crippen LogP contribution is 2.23. The van der Waals surface area contributed by atoms with Crippen LogP contribution < -0.4 is 0 Å². The van der Waals surface area contributed by atoms with E-state index >= 15 is 0 Å². The summed E-state index contributed by atoms with van der Waals surface area (Å²) >= 11 is 7.13. The molecule has 1 aromatic heterocycles. The molecule has 16 heavy (non-hydrogen) atoms. The Morgan fingerprint density at radius 1 is 1.69 bits per heavy atom. The molecule has 0 bridgehead atoms. The highest BCUT2D eigenvalue weighted by Gasteiger charge is 2.21. The summed E-state index contributed by atoms with van der Waals surface area (Å²) in [5, 5.41) is 0. The van der Waals surface area contributed by atoms with Crippen molar-refractivity contribution in [2.45, 2.75) is 6.42 Å². The van der Waals surface area contributed by atoms with Crippen molar-refractivity contribution in [2.75, 3.05) is 26.8 Å². The fourth-order valence-electron chi connectivity index (χ4n) is 1.81. The van der Waals surface area contributed by atoms with Crippen LogP contribution in [0.3, 0.4) is 0 Å². The van der Waals surface area contributed by atoms with Crippen LogP contribution in [0, 0.1) is 5.92 Å². The average Bonchev–Trinajstić information content (AvgIpc) is 2.88. The summed E-state index contributed by atoms with van der Waals surface area (Å²) in [5.41, 5.74) is 0. The SMILES string of the molecule is CN(CC1CCOC1)C(=O)c1ccc(Cl)s1. The van der Waals surface area contributed by atoms with E-state index in [-0.39, 0.29) is 5.91 Å². The Morgan fingerprint density at radius 2 is 2.50 bits per heavy atom. The minimum Gasteiger partial charge on any atom is -0.381 e. The highest BCUT2D eigenvalue weighted by molar-refractivity contribution is 7.17. The molecule has 0 N–H and O–H groups in total. The molecule has 1 aromatic rings. The van der Waals surface area contributed by atoms with Gasteiger partial charge in [-0.2, -0.15) is 0 Å². The first-order valence-electron chi connectivity index (χ1n) is 5.25. The molecule has 1 saturated heterocycles. The molecule has 1 amide bonds. The molecule has 1 unspecified atom stereocenters. The van der Waals surface area contributed by atoms with E-state index in [4.69, 9.17) is 16.3 Å². The van der Waals surface area contributed by atoms with Gasteiger partial charge in [0.2, 0.25) is 0 Å². The van der Waals surface area contributed by atoms with Crippen molar-refractivity contribution in [3.05, 3.63) is 21.3 Å². The number of thiophene rings is 1. The van der Waals surface area contributed by atoms with E-state index in [0.29, 0.717) is 15.1 Å². The summed E-state index contributed by atoms with van der Waals surface area (Å²) in [5.74, 6) is 0.521. The number of halogens is 1. The van der Waals surface area contributed by atoms with E-state index in [1.807, 2.05) is 7.05 Å². The van der Waals surface area contributed by atoms with Crippen LogP contribution in [0.5, 0.6) is 0 Å². The average molecular weight is 260 g/mol. The number of amides is 1. The predicted molar refractivity (Wildman–Crippen MR) is 65.2 cm³/mol. The number of ether oxygens (including phenoxy) is 1. The maximum absolute atomic E-state index is 12.0. The molecule has 3 nitrogen and oxygen atoms in total. The minimum atomic E-state index is 0.0452. The molecule has 0 aromatic carbocycles. The first-order chi connectivity index (χ1) is 7.66. The number of nitrogens with zero attached hydrogens (tertiary/aromatic N) is 1. The van der Waals surface area contributed by atoms with E-state index in [1.165, 1.54) is 11.3 Å². The normalized spacial score (nSPS) is 20.0. The summed E-state index contributed by atoms with van der Waals surface area (Å²) in [6.45, 7) is 2.34. The van der Waals surface area contributed by atoms with Gasteiger partial charge >= 0.3 is 0 Å². The standard InChI is InChI=1S/C11H14ClNO2S/c1-13(6-8-4-5-15-7-8)11(14)9-2-3-10(12)16-9/h2-3,8H,4-7H2,1H3. The van der Waals surface area contributed by atoms with Gasteiger partial charge in [0.1, 0.15) is 0 Å². The smallest absolute Gasteiger partial charge is 0.263 e. The molecule has 5 heteroatoms. The Morgan fingerprint density at radius 3 is 3.06 bits per heavy atom. The van der Waals surface area contributed by atoms with E-state index in [9.17, 15) is 4.79 Å². The number of hydrogen-bond donors (Lipinski definition) is 0. The highest BCUT2D eigenvalue weighted by atomic mass is 35.5. The van der Waals surface area contributed by atoms with Crippen LogP contribution in [0.2, 0.25) is 4.34 Å². The van der Waals surface area contributed by atoms with Gasteiger partial charge in [-0.3, -0.25) is 4.79 Å². The molecule has 0 saturated carbocycles. The van der Waals surface area contributed by atoms with Gasteiger partial charge in [0, 0.05) is 26.1 Å². The molecule has 0 radical (unpaired) electrons. The first-order valence-corrected chi connectivity index (χ1v) is 6.45. The van der Waals surface area contributed by atoms with E-state index in [0.717, 1.165) is 26.2 Å². The number of carbonyl (C=O) groups is 1. The number of carbonyl (C=O) groups excluding carboxylic acids is 1. The Labute approximate surface area is 104 Å². The number of rotatable bonds is 3. The third kappa shape index (κ3) is 2.75. The van der Waals surface area contributed by atoms with Gasteiger partial charge < -0.3 is 9.64 Å². The van der Waals surface area contributed by atoms with Gasteiger partial charge in [-0.15, -0.1) is 11.3 Å².